The zero-order valence-electron chi connectivity index (χ0n) is 15.7. The molecule has 1 aliphatic heterocycles. The van der Waals surface area contributed by atoms with Crippen LogP contribution in [0.4, 0.5) is 0 Å². The van der Waals surface area contributed by atoms with Crippen LogP contribution >= 0.6 is 24.0 Å². The summed E-state index contributed by atoms with van der Waals surface area (Å²) >= 11 is 6.45. The molecule has 28 heavy (non-hydrogen) atoms. The molecule has 1 fully saturated rings. The number of nitrogens with zero attached hydrogens (tertiary/aromatic N) is 1. The Labute approximate surface area is 174 Å². The van der Waals surface area contributed by atoms with Crippen molar-refractivity contribution in [3.63, 3.8) is 0 Å². The van der Waals surface area contributed by atoms with E-state index in [1.54, 1.807) is 14.2 Å². The average molecular weight is 416 g/mol. The topological polar surface area (TPSA) is 48.0 Å². The minimum atomic E-state index is -0.0636. The molecule has 0 bridgehead atoms. The van der Waals surface area contributed by atoms with Crippen LogP contribution < -0.4 is 14.2 Å². The lowest BCUT2D eigenvalue weighted by molar-refractivity contribution is -0.121. The van der Waals surface area contributed by atoms with Crippen LogP contribution in [0.1, 0.15) is 12.0 Å². The van der Waals surface area contributed by atoms with E-state index < -0.39 is 0 Å². The fourth-order valence-corrected chi connectivity index (χ4v) is 3.67. The van der Waals surface area contributed by atoms with Gasteiger partial charge in [0.05, 0.1) is 25.2 Å². The number of rotatable bonds is 8. The smallest absolute Gasteiger partial charge is 0.265 e. The Hall–Kier alpha value is -2.51. The summed E-state index contributed by atoms with van der Waals surface area (Å²) in [5, 5.41) is 0. The number of benzene rings is 2. The van der Waals surface area contributed by atoms with Gasteiger partial charge in [0.15, 0.2) is 0 Å². The van der Waals surface area contributed by atoms with Crippen LogP contribution in [0.15, 0.2) is 53.4 Å². The highest BCUT2D eigenvalue weighted by Gasteiger charge is 2.28. The number of amides is 1. The summed E-state index contributed by atoms with van der Waals surface area (Å²) in [6.07, 6.45) is 2.60. The minimum Gasteiger partial charge on any atom is -0.497 e. The van der Waals surface area contributed by atoms with Gasteiger partial charge in [0.25, 0.3) is 5.91 Å². The second kappa shape index (κ2) is 9.61. The molecule has 2 aromatic rings. The molecule has 1 aliphatic rings. The van der Waals surface area contributed by atoms with Gasteiger partial charge in [-0.2, -0.15) is 0 Å². The fraction of sp³-hybridized carbons (Fsp3) is 0.238. The van der Waals surface area contributed by atoms with E-state index in [2.05, 4.69) is 0 Å². The minimum absolute atomic E-state index is 0.0636. The van der Waals surface area contributed by atoms with E-state index in [0.29, 0.717) is 22.4 Å². The molecule has 0 saturated carbocycles. The summed E-state index contributed by atoms with van der Waals surface area (Å²) in [5.74, 6) is 2.27. The standard InChI is InChI=1S/C21H21NO4S2/c1-22-20(23)19(28-21(22)27)13-15-7-9-16(10-8-15)25-11-4-12-26-18-6-3-5-17(14-18)24-2/h3,5-10,13-14H,4,11-12H2,1-2H3. The Bertz CT molecular complexity index is 880. The molecule has 0 N–H and O–H groups in total. The van der Waals surface area contributed by atoms with Crippen LogP contribution in [-0.2, 0) is 4.79 Å². The molecular weight excluding hydrogens is 394 g/mol. The van der Waals surface area contributed by atoms with Crippen molar-refractivity contribution in [3.05, 3.63) is 59.0 Å². The van der Waals surface area contributed by atoms with Crippen molar-refractivity contribution in [1.29, 1.82) is 0 Å². The summed E-state index contributed by atoms with van der Waals surface area (Å²) in [6, 6.07) is 15.1. The molecule has 0 unspecified atom stereocenters. The van der Waals surface area contributed by atoms with Gasteiger partial charge in [0, 0.05) is 19.5 Å². The zero-order valence-corrected chi connectivity index (χ0v) is 17.3. The van der Waals surface area contributed by atoms with Gasteiger partial charge in [-0.3, -0.25) is 9.69 Å². The van der Waals surface area contributed by atoms with Crippen molar-refractivity contribution < 1.29 is 19.0 Å². The first-order valence-electron chi connectivity index (χ1n) is 8.78. The molecule has 1 heterocycles. The predicted molar refractivity (Wildman–Crippen MR) is 116 cm³/mol. The van der Waals surface area contributed by atoms with Gasteiger partial charge in [0.1, 0.15) is 21.6 Å². The van der Waals surface area contributed by atoms with Crippen LogP contribution in [0.5, 0.6) is 17.2 Å². The molecule has 1 amide bonds. The van der Waals surface area contributed by atoms with Crippen molar-refractivity contribution in [2.75, 3.05) is 27.4 Å². The van der Waals surface area contributed by atoms with Crippen molar-refractivity contribution in [1.82, 2.24) is 4.90 Å². The first-order chi connectivity index (χ1) is 13.6. The Morgan fingerprint density at radius 3 is 2.36 bits per heavy atom. The summed E-state index contributed by atoms with van der Waals surface area (Å²) in [4.78, 5) is 14.2. The lowest BCUT2D eigenvalue weighted by Crippen LogP contribution is -2.22. The van der Waals surface area contributed by atoms with E-state index in [1.807, 2.05) is 54.6 Å². The molecule has 0 aliphatic carbocycles. The van der Waals surface area contributed by atoms with E-state index in [0.717, 1.165) is 29.2 Å². The predicted octanol–water partition coefficient (Wildman–Crippen LogP) is 4.37. The number of thiocarbonyl (C=S) groups is 1. The van der Waals surface area contributed by atoms with Gasteiger partial charge in [-0.05, 0) is 35.9 Å². The number of methoxy groups -OCH3 is 1. The molecule has 0 aromatic heterocycles. The Morgan fingerprint density at radius 2 is 1.71 bits per heavy atom. The third kappa shape index (κ3) is 5.27. The van der Waals surface area contributed by atoms with Crippen LogP contribution in [0.2, 0.25) is 0 Å². The molecule has 1 saturated heterocycles. The van der Waals surface area contributed by atoms with Crippen LogP contribution in [0.25, 0.3) is 6.08 Å². The van der Waals surface area contributed by atoms with Crippen LogP contribution in [-0.4, -0.2) is 42.5 Å². The summed E-state index contributed by atoms with van der Waals surface area (Å²) in [7, 11) is 3.32. The van der Waals surface area contributed by atoms with E-state index in [9.17, 15) is 4.79 Å². The Kier molecular flexibility index (Phi) is 6.95. The molecule has 2 aromatic carbocycles. The number of thioether (sulfide) groups is 1. The summed E-state index contributed by atoms with van der Waals surface area (Å²) < 4.78 is 17.2. The highest BCUT2D eigenvalue weighted by Crippen LogP contribution is 2.31. The van der Waals surface area contributed by atoms with Gasteiger partial charge in [-0.1, -0.05) is 42.2 Å². The summed E-state index contributed by atoms with van der Waals surface area (Å²) in [6.45, 7) is 1.11. The van der Waals surface area contributed by atoms with Crippen molar-refractivity contribution in [2.24, 2.45) is 0 Å². The van der Waals surface area contributed by atoms with E-state index in [1.165, 1.54) is 16.7 Å². The first kappa shape index (κ1) is 20.2. The lowest BCUT2D eigenvalue weighted by atomic mass is 10.2. The molecule has 0 atom stereocenters. The quantitative estimate of drug-likeness (QED) is 0.362. The van der Waals surface area contributed by atoms with Crippen molar-refractivity contribution in [2.45, 2.75) is 6.42 Å². The maximum atomic E-state index is 12.0. The van der Waals surface area contributed by atoms with E-state index in [4.69, 9.17) is 26.4 Å². The Morgan fingerprint density at radius 1 is 1.04 bits per heavy atom. The summed E-state index contributed by atoms with van der Waals surface area (Å²) in [5.41, 5.74) is 0.933. The van der Waals surface area contributed by atoms with E-state index >= 15 is 0 Å². The molecule has 146 valence electrons. The SMILES string of the molecule is COc1cccc(OCCCOc2ccc(C=C3SC(=S)N(C)C3=O)cc2)c1. The first-order valence-corrected chi connectivity index (χ1v) is 10.0. The monoisotopic (exact) mass is 415 g/mol. The van der Waals surface area contributed by atoms with Crippen molar-refractivity contribution >= 4 is 40.3 Å². The maximum Gasteiger partial charge on any atom is 0.265 e. The van der Waals surface area contributed by atoms with Gasteiger partial charge in [-0.15, -0.1) is 0 Å². The third-order valence-corrected chi connectivity index (χ3v) is 5.52. The van der Waals surface area contributed by atoms with Gasteiger partial charge in [-0.25, -0.2) is 0 Å². The third-order valence-electron chi connectivity index (χ3n) is 4.03. The molecule has 3 rings (SSSR count). The zero-order chi connectivity index (χ0) is 19.9. The Balaban J connectivity index is 1.43. The molecular formula is C21H21NO4S2. The van der Waals surface area contributed by atoms with Crippen LogP contribution in [0, 0.1) is 0 Å². The van der Waals surface area contributed by atoms with Crippen molar-refractivity contribution in [3.8, 4) is 17.2 Å². The molecule has 5 nitrogen and oxygen atoms in total. The molecule has 0 radical (unpaired) electrons. The largest absolute Gasteiger partial charge is 0.497 e. The molecule has 0 spiro atoms. The highest BCUT2D eigenvalue weighted by molar-refractivity contribution is 8.26. The van der Waals surface area contributed by atoms with Crippen LogP contribution in [0.3, 0.4) is 0 Å². The molecule has 7 heteroatoms. The lowest BCUT2D eigenvalue weighted by Gasteiger charge is -2.09. The normalized spacial score (nSPS) is 15.2. The number of ether oxygens (including phenoxy) is 3. The fourth-order valence-electron chi connectivity index (χ4n) is 2.49. The van der Waals surface area contributed by atoms with Gasteiger partial charge in [0.2, 0.25) is 0 Å². The average Bonchev–Trinajstić information content (AvgIpc) is 2.95. The second-order valence-corrected chi connectivity index (χ2v) is 7.71. The second-order valence-electron chi connectivity index (χ2n) is 6.04. The number of carbonyl (C=O) groups is 1. The number of hydrogen-bond donors (Lipinski definition) is 0. The maximum absolute atomic E-state index is 12.0. The van der Waals surface area contributed by atoms with E-state index in [-0.39, 0.29) is 5.91 Å². The number of carbonyl (C=O) groups excluding carboxylic acids is 1. The highest BCUT2D eigenvalue weighted by atomic mass is 32.2. The van der Waals surface area contributed by atoms with Gasteiger partial charge >= 0.3 is 0 Å². The number of hydrogen-bond acceptors (Lipinski definition) is 6. The number of likely N-dealkylation sites (N-methyl/N-ethyl adjacent to an activating group) is 1. The van der Waals surface area contributed by atoms with Gasteiger partial charge < -0.3 is 14.2 Å².